The zero-order valence-corrected chi connectivity index (χ0v) is 21.1. The van der Waals surface area contributed by atoms with Crippen LogP contribution in [0.1, 0.15) is 135 Å². The summed E-state index contributed by atoms with van der Waals surface area (Å²) >= 11 is 0. The van der Waals surface area contributed by atoms with Crippen molar-refractivity contribution in [1.82, 2.24) is 0 Å². The van der Waals surface area contributed by atoms with Crippen LogP contribution in [0.5, 0.6) is 0 Å². The number of hydrogen-bond donors (Lipinski definition) is 0. The molecule has 0 aliphatic rings. The third-order valence-electron chi connectivity index (χ3n) is 7.00. The molecule has 0 N–H and O–H groups in total. The van der Waals surface area contributed by atoms with Crippen LogP contribution in [0.3, 0.4) is 0 Å². The molecule has 0 bridgehead atoms. The highest BCUT2D eigenvalue weighted by Gasteiger charge is 2.27. The topological polar surface area (TPSA) is 0 Å². The van der Waals surface area contributed by atoms with Crippen LogP contribution in [-0.4, -0.2) is 25.1 Å². The Morgan fingerprint density at radius 1 is 0.567 bits per heavy atom. The zero-order valence-electron chi connectivity index (χ0n) is 21.1. The lowest BCUT2D eigenvalue weighted by Crippen LogP contribution is -2.43. The monoisotopic (exact) mass is 416 g/mol. The van der Waals surface area contributed by atoms with Crippen LogP contribution in [0.2, 0.25) is 0 Å². The molecule has 1 unspecified atom stereocenters. The Bertz CT molecular complexity index is 478. The van der Waals surface area contributed by atoms with E-state index in [4.69, 9.17) is 0 Å². The number of quaternary nitrogens is 1. The lowest BCUT2D eigenvalue weighted by atomic mass is 10.00. The van der Waals surface area contributed by atoms with E-state index in [-0.39, 0.29) is 0 Å². The molecule has 30 heavy (non-hydrogen) atoms. The summed E-state index contributed by atoms with van der Waals surface area (Å²) in [5, 5.41) is 0. The minimum Gasteiger partial charge on any atom is -0.322 e. The van der Waals surface area contributed by atoms with Gasteiger partial charge in [-0.1, -0.05) is 134 Å². The molecule has 0 aliphatic heterocycles. The summed E-state index contributed by atoms with van der Waals surface area (Å²) in [7, 11) is 4.85. The third-order valence-corrected chi connectivity index (χ3v) is 7.00. The maximum Gasteiger partial charge on any atom is 0.114 e. The lowest BCUT2D eigenvalue weighted by molar-refractivity contribution is -0.921. The van der Waals surface area contributed by atoms with E-state index in [0.29, 0.717) is 6.04 Å². The Hall–Kier alpha value is -0.820. The van der Waals surface area contributed by atoms with Crippen molar-refractivity contribution in [1.29, 1.82) is 0 Å². The van der Waals surface area contributed by atoms with Gasteiger partial charge in [0, 0.05) is 12.0 Å². The van der Waals surface area contributed by atoms with Crippen LogP contribution in [0.4, 0.5) is 0 Å². The smallest absolute Gasteiger partial charge is 0.114 e. The number of hydrogen-bond acceptors (Lipinski definition) is 0. The Morgan fingerprint density at radius 2 is 0.967 bits per heavy atom. The number of nitrogens with zero attached hydrogens (tertiary/aromatic N) is 1. The summed E-state index contributed by atoms with van der Waals surface area (Å²) in [6, 6.07) is 11.7. The largest absolute Gasteiger partial charge is 0.322 e. The molecule has 0 heterocycles. The quantitative estimate of drug-likeness (QED) is 0.147. The average Bonchev–Trinajstić information content (AvgIpc) is 2.74. The fourth-order valence-electron chi connectivity index (χ4n) is 5.03. The molecule has 1 nitrogen and oxygen atoms in total. The first-order valence-electron chi connectivity index (χ1n) is 13.5. The highest BCUT2D eigenvalue weighted by molar-refractivity contribution is 5.17. The highest BCUT2D eigenvalue weighted by Crippen LogP contribution is 2.28. The average molecular weight is 417 g/mol. The van der Waals surface area contributed by atoms with Gasteiger partial charge in [0.15, 0.2) is 0 Å². The summed E-state index contributed by atoms with van der Waals surface area (Å²) in [4.78, 5) is 0. The Kier molecular flexibility index (Phi) is 16.2. The second kappa shape index (κ2) is 17.8. The molecule has 0 radical (unpaired) electrons. The van der Waals surface area contributed by atoms with E-state index < -0.39 is 0 Å². The molecule has 0 amide bonds. The third kappa shape index (κ3) is 12.8. The van der Waals surface area contributed by atoms with Crippen molar-refractivity contribution in [3.8, 4) is 0 Å². The summed E-state index contributed by atoms with van der Waals surface area (Å²) in [6.45, 7) is 5.94. The van der Waals surface area contributed by atoms with Gasteiger partial charge in [0.25, 0.3) is 0 Å². The van der Waals surface area contributed by atoms with Crippen molar-refractivity contribution in [3.63, 3.8) is 0 Å². The highest BCUT2D eigenvalue weighted by atomic mass is 15.3. The number of rotatable bonds is 20. The first-order chi connectivity index (χ1) is 14.6. The first kappa shape index (κ1) is 27.2. The molecular formula is C29H54N+. The van der Waals surface area contributed by atoms with E-state index in [2.05, 4.69) is 58.3 Å². The number of benzene rings is 1. The van der Waals surface area contributed by atoms with Gasteiger partial charge in [-0.25, -0.2) is 0 Å². The number of unbranched alkanes of at least 4 members (excludes halogenated alkanes) is 15. The van der Waals surface area contributed by atoms with E-state index in [0.717, 1.165) is 4.48 Å². The molecule has 174 valence electrons. The minimum absolute atomic E-state index is 0.627. The lowest BCUT2D eigenvalue weighted by Gasteiger charge is -2.38. The molecule has 1 aromatic rings. The van der Waals surface area contributed by atoms with E-state index >= 15 is 0 Å². The van der Waals surface area contributed by atoms with Crippen LogP contribution < -0.4 is 0 Å². The summed E-state index contributed by atoms with van der Waals surface area (Å²) in [5.41, 5.74) is 1.50. The Labute approximate surface area is 190 Å². The summed E-state index contributed by atoms with van der Waals surface area (Å²) < 4.78 is 1.12. The zero-order chi connectivity index (χ0) is 21.9. The molecule has 0 saturated carbocycles. The second-order valence-corrected chi connectivity index (χ2v) is 10.1. The molecule has 0 aliphatic carbocycles. The summed E-state index contributed by atoms with van der Waals surface area (Å²) in [6.07, 6.45) is 24.3. The first-order valence-corrected chi connectivity index (χ1v) is 13.5. The summed E-state index contributed by atoms with van der Waals surface area (Å²) in [5.74, 6) is 0. The SMILES string of the molecule is CCCCCCCCCCCCCCCCCC[N+](C)(C)C(CC)c1ccccc1. The van der Waals surface area contributed by atoms with Crippen LogP contribution >= 0.6 is 0 Å². The van der Waals surface area contributed by atoms with Crippen molar-refractivity contribution >= 4 is 0 Å². The van der Waals surface area contributed by atoms with Gasteiger partial charge in [0.2, 0.25) is 0 Å². The van der Waals surface area contributed by atoms with Gasteiger partial charge in [-0.15, -0.1) is 0 Å². The van der Waals surface area contributed by atoms with Crippen molar-refractivity contribution in [2.24, 2.45) is 0 Å². The van der Waals surface area contributed by atoms with Crippen molar-refractivity contribution in [3.05, 3.63) is 35.9 Å². The van der Waals surface area contributed by atoms with Gasteiger partial charge in [-0.05, 0) is 12.8 Å². The predicted molar refractivity (Wildman–Crippen MR) is 136 cm³/mol. The van der Waals surface area contributed by atoms with Gasteiger partial charge < -0.3 is 4.48 Å². The molecule has 0 spiro atoms. The van der Waals surface area contributed by atoms with E-state index in [1.807, 2.05) is 0 Å². The van der Waals surface area contributed by atoms with Gasteiger partial charge in [0.05, 0.1) is 20.6 Å². The van der Waals surface area contributed by atoms with Crippen molar-refractivity contribution in [2.45, 2.75) is 129 Å². The fourth-order valence-corrected chi connectivity index (χ4v) is 5.03. The molecule has 0 fully saturated rings. The molecule has 0 saturated heterocycles. The van der Waals surface area contributed by atoms with E-state index in [1.165, 1.54) is 121 Å². The fraction of sp³-hybridized carbons (Fsp3) is 0.793. The normalized spacial score (nSPS) is 12.9. The predicted octanol–water partition coefficient (Wildman–Crippen LogP) is 9.48. The van der Waals surface area contributed by atoms with Crippen molar-refractivity contribution < 1.29 is 4.48 Å². The van der Waals surface area contributed by atoms with Gasteiger partial charge in [0.1, 0.15) is 6.04 Å². The molecule has 1 aromatic carbocycles. The van der Waals surface area contributed by atoms with E-state index in [1.54, 1.807) is 0 Å². The van der Waals surface area contributed by atoms with Gasteiger partial charge >= 0.3 is 0 Å². The molecular weight excluding hydrogens is 362 g/mol. The molecule has 1 rings (SSSR count). The minimum atomic E-state index is 0.627. The molecule has 0 aromatic heterocycles. The second-order valence-electron chi connectivity index (χ2n) is 10.1. The molecule has 1 atom stereocenters. The Balaban J connectivity index is 1.95. The van der Waals surface area contributed by atoms with Crippen LogP contribution in [0, 0.1) is 0 Å². The van der Waals surface area contributed by atoms with Crippen LogP contribution in [0.25, 0.3) is 0 Å². The molecule has 1 heteroatoms. The standard InChI is InChI=1S/C29H54N/c1-5-7-8-9-10-11-12-13-14-15-16-17-18-19-20-24-27-30(3,4)29(6-2)28-25-22-21-23-26-28/h21-23,25-26,29H,5-20,24,27H2,1-4H3/q+1. The van der Waals surface area contributed by atoms with Crippen LogP contribution in [-0.2, 0) is 0 Å². The maximum atomic E-state index is 2.42. The van der Waals surface area contributed by atoms with Gasteiger partial charge in [-0.2, -0.15) is 0 Å². The maximum absolute atomic E-state index is 2.42. The van der Waals surface area contributed by atoms with Crippen molar-refractivity contribution in [2.75, 3.05) is 20.6 Å². The van der Waals surface area contributed by atoms with Gasteiger partial charge in [-0.3, -0.25) is 0 Å². The van der Waals surface area contributed by atoms with E-state index in [9.17, 15) is 0 Å². The Morgan fingerprint density at radius 3 is 1.37 bits per heavy atom. The van der Waals surface area contributed by atoms with Crippen LogP contribution in [0.15, 0.2) is 30.3 Å².